The van der Waals surface area contributed by atoms with E-state index in [0.717, 1.165) is 24.0 Å². The molecule has 0 N–H and O–H groups in total. The van der Waals surface area contributed by atoms with Gasteiger partial charge in [0.2, 0.25) is 20.0 Å². The number of aryl methyl sites for hydroxylation is 2. The Labute approximate surface area is 174 Å². The quantitative estimate of drug-likeness (QED) is 0.698. The summed E-state index contributed by atoms with van der Waals surface area (Å²) in [6, 6.07) is 13.8. The van der Waals surface area contributed by atoms with Gasteiger partial charge >= 0.3 is 0 Å². The van der Waals surface area contributed by atoms with Crippen LogP contribution in [0.4, 0.5) is 0 Å². The second-order valence-electron chi connectivity index (χ2n) is 7.16. The maximum absolute atomic E-state index is 13.0. The maximum Gasteiger partial charge on any atom is 0.243 e. The third kappa shape index (κ3) is 4.71. The summed E-state index contributed by atoms with van der Waals surface area (Å²) in [4.78, 5) is 0.502. The fourth-order valence-corrected chi connectivity index (χ4v) is 6.38. The van der Waals surface area contributed by atoms with Gasteiger partial charge in [-0.25, -0.2) is 16.8 Å². The molecule has 2 aromatic rings. The van der Waals surface area contributed by atoms with E-state index in [9.17, 15) is 16.8 Å². The topological polar surface area (TPSA) is 74.8 Å². The first-order valence-electron chi connectivity index (χ1n) is 9.97. The van der Waals surface area contributed by atoms with Crippen LogP contribution in [-0.4, -0.2) is 51.6 Å². The second-order valence-corrected chi connectivity index (χ2v) is 11.0. The largest absolute Gasteiger partial charge is 0.243 e. The standard InChI is InChI=1S/C21H28N2O4S2/c1-3-18-6-10-20(11-7-18)28(24,25)22-14-5-15-23(17-16-22)29(26,27)21-12-8-19(4-2)9-13-21/h6-13H,3-5,14-17H2,1-2H3. The van der Waals surface area contributed by atoms with E-state index in [1.807, 2.05) is 38.1 Å². The molecule has 0 aliphatic carbocycles. The molecule has 0 aromatic heterocycles. The van der Waals surface area contributed by atoms with Gasteiger partial charge in [0.25, 0.3) is 0 Å². The molecule has 0 bridgehead atoms. The van der Waals surface area contributed by atoms with Crippen LogP contribution in [0.3, 0.4) is 0 Å². The van der Waals surface area contributed by atoms with Crippen LogP contribution in [0.5, 0.6) is 0 Å². The Hall–Kier alpha value is -1.74. The SMILES string of the molecule is CCc1ccc(S(=O)(=O)N2CCCN(S(=O)(=O)c3ccc(CC)cc3)CC2)cc1. The number of sulfonamides is 2. The minimum Gasteiger partial charge on any atom is -0.207 e. The molecule has 6 nitrogen and oxygen atoms in total. The Morgan fingerprint density at radius 1 is 0.621 bits per heavy atom. The van der Waals surface area contributed by atoms with E-state index in [-0.39, 0.29) is 22.9 Å². The zero-order valence-corrected chi connectivity index (χ0v) is 18.5. The highest BCUT2D eigenvalue weighted by Crippen LogP contribution is 2.22. The molecule has 0 radical (unpaired) electrons. The van der Waals surface area contributed by atoms with Crippen molar-refractivity contribution in [1.82, 2.24) is 8.61 Å². The first-order valence-corrected chi connectivity index (χ1v) is 12.8. The number of hydrogen-bond donors (Lipinski definition) is 0. The van der Waals surface area contributed by atoms with Crippen molar-refractivity contribution in [2.75, 3.05) is 26.2 Å². The second kappa shape index (κ2) is 8.95. The molecule has 8 heteroatoms. The van der Waals surface area contributed by atoms with Gasteiger partial charge in [-0.15, -0.1) is 0 Å². The van der Waals surface area contributed by atoms with E-state index in [1.54, 1.807) is 24.3 Å². The molecule has 0 atom stereocenters. The average molecular weight is 437 g/mol. The Morgan fingerprint density at radius 3 is 1.28 bits per heavy atom. The molecule has 0 amide bonds. The number of hydrogen-bond acceptors (Lipinski definition) is 4. The number of benzene rings is 2. The highest BCUT2D eigenvalue weighted by Gasteiger charge is 2.31. The molecule has 1 aliphatic heterocycles. The smallest absolute Gasteiger partial charge is 0.207 e. The minimum absolute atomic E-state index is 0.143. The predicted molar refractivity (Wildman–Crippen MR) is 114 cm³/mol. The molecular formula is C21H28N2O4S2. The van der Waals surface area contributed by atoms with Crippen LogP contribution in [0.2, 0.25) is 0 Å². The maximum atomic E-state index is 13.0. The first kappa shape index (κ1) is 22.0. The van der Waals surface area contributed by atoms with Gasteiger partial charge < -0.3 is 0 Å². The van der Waals surface area contributed by atoms with Gasteiger partial charge in [-0.3, -0.25) is 0 Å². The van der Waals surface area contributed by atoms with Gasteiger partial charge in [0.1, 0.15) is 0 Å². The number of nitrogens with zero attached hydrogens (tertiary/aromatic N) is 2. The molecule has 1 saturated heterocycles. The fraction of sp³-hybridized carbons (Fsp3) is 0.429. The highest BCUT2D eigenvalue weighted by molar-refractivity contribution is 7.89. The van der Waals surface area contributed by atoms with Gasteiger partial charge in [-0.05, 0) is 54.7 Å². The van der Waals surface area contributed by atoms with Gasteiger partial charge in [0.15, 0.2) is 0 Å². The van der Waals surface area contributed by atoms with E-state index in [0.29, 0.717) is 19.5 Å². The van der Waals surface area contributed by atoms with Crippen molar-refractivity contribution in [2.45, 2.75) is 42.9 Å². The molecule has 29 heavy (non-hydrogen) atoms. The summed E-state index contributed by atoms with van der Waals surface area (Å²) >= 11 is 0. The van der Waals surface area contributed by atoms with Crippen LogP contribution in [-0.2, 0) is 32.9 Å². The molecular weight excluding hydrogens is 408 g/mol. The third-order valence-electron chi connectivity index (χ3n) is 5.35. The van der Waals surface area contributed by atoms with E-state index in [1.165, 1.54) is 8.61 Å². The molecule has 1 heterocycles. The van der Waals surface area contributed by atoms with Crippen molar-refractivity contribution >= 4 is 20.0 Å². The van der Waals surface area contributed by atoms with E-state index < -0.39 is 20.0 Å². The summed E-state index contributed by atoms with van der Waals surface area (Å²) in [5, 5.41) is 0. The van der Waals surface area contributed by atoms with E-state index >= 15 is 0 Å². The summed E-state index contributed by atoms with van der Waals surface area (Å²) in [5.74, 6) is 0. The van der Waals surface area contributed by atoms with Gasteiger partial charge in [-0.2, -0.15) is 8.61 Å². The monoisotopic (exact) mass is 436 g/mol. The molecule has 0 spiro atoms. The Morgan fingerprint density at radius 2 is 0.966 bits per heavy atom. The summed E-state index contributed by atoms with van der Waals surface area (Å²) in [5.41, 5.74) is 2.15. The van der Waals surface area contributed by atoms with Crippen LogP contribution in [0.15, 0.2) is 58.3 Å². The summed E-state index contributed by atoms with van der Waals surface area (Å²) in [7, 11) is -7.28. The van der Waals surface area contributed by atoms with Crippen LogP contribution in [0, 0.1) is 0 Å². The number of rotatable bonds is 6. The van der Waals surface area contributed by atoms with Crippen molar-refractivity contribution < 1.29 is 16.8 Å². The van der Waals surface area contributed by atoms with Crippen LogP contribution in [0.1, 0.15) is 31.4 Å². The highest BCUT2D eigenvalue weighted by atomic mass is 32.2. The van der Waals surface area contributed by atoms with Crippen molar-refractivity contribution in [1.29, 1.82) is 0 Å². The molecule has 1 aliphatic rings. The Balaban J connectivity index is 1.76. The van der Waals surface area contributed by atoms with Crippen LogP contribution < -0.4 is 0 Å². The molecule has 1 fully saturated rings. The van der Waals surface area contributed by atoms with Gasteiger partial charge in [-0.1, -0.05) is 38.1 Å². The molecule has 0 unspecified atom stereocenters. The van der Waals surface area contributed by atoms with E-state index in [4.69, 9.17) is 0 Å². The van der Waals surface area contributed by atoms with E-state index in [2.05, 4.69) is 0 Å². The predicted octanol–water partition coefficient (Wildman–Crippen LogP) is 2.90. The lowest BCUT2D eigenvalue weighted by molar-refractivity contribution is 0.404. The van der Waals surface area contributed by atoms with Crippen LogP contribution in [0.25, 0.3) is 0 Å². The normalized spacial score (nSPS) is 17.2. The Bertz CT molecular complexity index is 946. The zero-order valence-electron chi connectivity index (χ0n) is 16.9. The van der Waals surface area contributed by atoms with Crippen molar-refractivity contribution in [3.05, 3.63) is 59.7 Å². The Kier molecular flexibility index (Phi) is 6.78. The van der Waals surface area contributed by atoms with Crippen molar-refractivity contribution in [2.24, 2.45) is 0 Å². The molecule has 158 valence electrons. The zero-order chi connectivity index (χ0) is 21.1. The van der Waals surface area contributed by atoms with Crippen molar-refractivity contribution in [3.63, 3.8) is 0 Å². The first-order chi connectivity index (χ1) is 13.8. The fourth-order valence-electron chi connectivity index (χ4n) is 3.44. The van der Waals surface area contributed by atoms with Gasteiger partial charge in [0, 0.05) is 26.2 Å². The third-order valence-corrected chi connectivity index (χ3v) is 9.18. The molecule has 3 rings (SSSR count). The molecule has 2 aromatic carbocycles. The van der Waals surface area contributed by atoms with Crippen LogP contribution >= 0.6 is 0 Å². The molecule has 0 saturated carbocycles. The lowest BCUT2D eigenvalue weighted by atomic mass is 10.2. The lowest BCUT2D eigenvalue weighted by Crippen LogP contribution is -2.37. The summed E-state index contributed by atoms with van der Waals surface area (Å²) in [6.45, 7) is 4.93. The van der Waals surface area contributed by atoms with Crippen molar-refractivity contribution in [3.8, 4) is 0 Å². The lowest BCUT2D eigenvalue weighted by Gasteiger charge is -2.22. The summed E-state index contributed by atoms with van der Waals surface area (Å²) < 4.78 is 54.8. The van der Waals surface area contributed by atoms with Gasteiger partial charge in [0.05, 0.1) is 9.79 Å². The average Bonchev–Trinajstić information content (AvgIpc) is 3.01. The minimum atomic E-state index is -3.64. The summed E-state index contributed by atoms with van der Waals surface area (Å²) in [6.07, 6.45) is 2.14.